The minimum absolute atomic E-state index is 0.307. The summed E-state index contributed by atoms with van der Waals surface area (Å²) in [6.45, 7) is 3.74. The number of anilines is 2. The van der Waals surface area contributed by atoms with Crippen LogP contribution in [-0.4, -0.2) is 11.1 Å². The van der Waals surface area contributed by atoms with Crippen molar-refractivity contribution in [3.8, 4) is 0 Å². The molecule has 0 fully saturated rings. The number of carbonyl (C=O) groups is 1. The van der Waals surface area contributed by atoms with Crippen LogP contribution in [0.5, 0.6) is 0 Å². The maximum absolute atomic E-state index is 11.0. The zero-order chi connectivity index (χ0) is 14.0. The van der Waals surface area contributed by atoms with E-state index in [-0.39, 0.29) is 0 Å². The number of carboxylic acids is 1. The van der Waals surface area contributed by atoms with Crippen LogP contribution in [0.1, 0.15) is 21.5 Å². The molecule has 0 unspecified atom stereocenters. The minimum atomic E-state index is -0.919. The fraction of sp³-hybridized carbons (Fsp3) is 0.133. The molecule has 0 amide bonds. The monoisotopic (exact) mass is 275 g/mol. The summed E-state index contributed by atoms with van der Waals surface area (Å²) in [5.74, 6) is -0.919. The maximum atomic E-state index is 11.0. The number of halogens is 1. The van der Waals surface area contributed by atoms with Crippen LogP contribution in [0.2, 0.25) is 5.02 Å². The number of nitrogens with one attached hydrogen (secondary N) is 1. The molecule has 0 aromatic heterocycles. The number of benzene rings is 2. The predicted octanol–water partition coefficient (Wildman–Crippen LogP) is 4.40. The van der Waals surface area contributed by atoms with Gasteiger partial charge in [-0.2, -0.15) is 0 Å². The van der Waals surface area contributed by atoms with Gasteiger partial charge in [0.2, 0.25) is 0 Å². The molecular formula is C15H14ClNO2. The SMILES string of the molecule is Cc1cc(Nc2c(C)cccc2Cl)ccc1C(=O)O. The van der Waals surface area contributed by atoms with Crippen LogP contribution in [0.15, 0.2) is 36.4 Å². The Morgan fingerprint density at radius 1 is 1.16 bits per heavy atom. The van der Waals surface area contributed by atoms with E-state index in [9.17, 15) is 4.79 Å². The van der Waals surface area contributed by atoms with Gasteiger partial charge in [-0.1, -0.05) is 23.7 Å². The van der Waals surface area contributed by atoms with Crippen molar-refractivity contribution >= 4 is 28.9 Å². The van der Waals surface area contributed by atoms with E-state index in [2.05, 4.69) is 5.32 Å². The summed E-state index contributed by atoms with van der Waals surface area (Å²) in [6, 6.07) is 10.8. The molecule has 4 heteroatoms. The van der Waals surface area contributed by atoms with Crippen LogP contribution in [0, 0.1) is 13.8 Å². The molecule has 0 aliphatic heterocycles. The van der Waals surface area contributed by atoms with Gasteiger partial charge in [-0.15, -0.1) is 0 Å². The first kappa shape index (κ1) is 13.4. The van der Waals surface area contributed by atoms with E-state index >= 15 is 0 Å². The van der Waals surface area contributed by atoms with Gasteiger partial charge in [0.1, 0.15) is 0 Å². The fourth-order valence-electron chi connectivity index (χ4n) is 1.92. The van der Waals surface area contributed by atoms with Gasteiger partial charge in [0.25, 0.3) is 0 Å². The molecule has 2 aromatic carbocycles. The van der Waals surface area contributed by atoms with Crippen LogP contribution in [0.3, 0.4) is 0 Å². The van der Waals surface area contributed by atoms with E-state index in [1.165, 1.54) is 0 Å². The van der Waals surface area contributed by atoms with Crippen LogP contribution in [-0.2, 0) is 0 Å². The van der Waals surface area contributed by atoms with Crippen molar-refractivity contribution in [3.05, 3.63) is 58.1 Å². The van der Waals surface area contributed by atoms with Gasteiger partial charge in [-0.05, 0) is 49.2 Å². The molecule has 0 heterocycles. The third-order valence-electron chi connectivity index (χ3n) is 2.95. The fourth-order valence-corrected chi connectivity index (χ4v) is 2.19. The van der Waals surface area contributed by atoms with E-state index in [1.54, 1.807) is 25.1 Å². The maximum Gasteiger partial charge on any atom is 0.335 e. The first-order valence-corrected chi connectivity index (χ1v) is 6.23. The molecule has 0 saturated carbocycles. The standard InChI is InChI=1S/C15H14ClNO2/c1-9-4-3-5-13(16)14(9)17-11-6-7-12(15(18)19)10(2)8-11/h3-8,17H,1-2H3,(H,18,19). The summed E-state index contributed by atoms with van der Waals surface area (Å²) >= 11 is 6.14. The van der Waals surface area contributed by atoms with Gasteiger partial charge in [-0.3, -0.25) is 0 Å². The Kier molecular flexibility index (Phi) is 3.76. The van der Waals surface area contributed by atoms with Crippen molar-refractivity contribution in [2.45, 2.75) is 13.8 Å². The first-order chi connectivity index (χ1) is 8.99. The van der Waals surface area contributed by atoms with E-state index in [1.807, 2.05) is 25.1 Å². The van der Waals surface area contributed by atoms with Crippen molar-refractivity contribution < 1.29 is 9.90 Å². The zero-order valence-electron chi connectivity index (χ0n) is 10.7. The molecule has 98 valence electrons. The van der Waals surface area contributed by atoms with E-state index in [4.69, 9.17) is 16.7 Å². The number of carboxylic acid groups (broad SMARTS) is 1. The predicted molar refractivity (Wildman–Crippen MR) is 77.6 cm³/mol. The highest BCUT2D eigenvalue weighted by molar-refractivity contribution is 6.33. The van der Waals surface area contributed by atoms with Gasteiger partial charge in [0.05, 0.1) is 16.3 Å². The molecule has 2 rings (SSSR count). The highest BCUT2D eigenvalue weighted by Gasteiger charge is 2.09. The summed E-state index contributed by atoms with van der Waals surface area (Å²) < 4.78 is 0. The van der Waals surface area contributed by atoms with Crippen molar-refractivity contribution in [2.75, 3.05) is 5.32 Å². The highest BCUT2D eigenvalue weighted by atomic mass is 35.5. The number of aryl methyl sites for hydroxylation is 2. The molecule has 0 spiro atoms. The third kappa shape index (κ3) is 2.88. The average Bonchev–Trinajstić information content (AvgIpc) is 2.33. The summed E-state index contributed by atoms with van der Waals surface area (Å²) in [4.78, 5) is 11.0. The lowest BCUT2D eigenvalue weighted by atomic mass is 10.1. The van der Waals surface area contributed by atoms with Crippen LogP contribution in [0.4, 0.5) is 11.4 Å². The second kappa shape index (κ2) is 5.33. The van der Waals surface area contributed by atoms with E-state index in [0.29, 0.717) is 16.1 Å². The lowest BCUT2D eigenvalue weighted by molar-refractivity contribution is 0.0696. The van der Waals surface area contributed by atoms with Gasteiger partial charge >= 0.3 is 5.97 Å². The summed E-state index contributed by atoms with van der Waals surface area (Å²) in [5.41, 5.74) is 3.71. The Morgan fingerprint density at radius 3 is 2.47 bits per heavy atom. The van der Waals surface area contributed by atoms with E-state index in [0.717, 1.165) is 16.9 Å². The molecular weight excluding hydrogens is 262 g/mol. The molecule has 0 bridgehead atoms. The molecule has 19 heavy (non-hydrogen) atoms. The van der Waals surface area contributed by atoms with Crippen LogP contribution >= 0.6 is 11.6 Å². The van der Waals surface area contributed by atoms with Crippen molar-refractivity contribution in [2.24, 2.45) is 0 Å². The van der Waals surface area contributed by atoms with Crippen molar-refractivity contribution in [1.82, 2.24) is 0 Å². The number of aromatic carboxylic acids is 1. The minimum Gasteiger partial charge on any atom is -0.478 e. The first-order valence-electron chi connectivity index (χ1n) is 5.85. The summed E-state index contributed by atoms with van der Waals surface area (Å²) in [5, 5.41) is 12.9. The number of para-hydroxylation sites is 1. The van der Waals surface area contributed by atoms with Crippen molar-refractivity contribution in [1.29, 1.82) is 0 Å². The van der Waals surface area contributed by atoms with Crippen molar-refractivity contribution in [3.63, 3.8) is 0 Å². The van der Waals surface area contributed by atoms with Crippen LogP contribution < -0.4 is 5.32 Å². The summed E-state index contributed by atoms with van der Waals surface area (Å²) in [7, 11) is 0. The molecule has 0 radical (unpaired) electrons. The lowest BCUT2D eigenvalue weighted by Crippen LogP contribution is -2.01. The van der Waals surface area contributed by atoms with Gasteiger partial charge in [-0.25, -0.2) is 4.79 Å². The second-order valence-electron chi connectivity index (χ2n) is 4.39. The zero-order valence-corrected chi connectivity index (χ0v) is 11.5. The Labute approximate surface area is 116 Å². The topological polar surface area (TPSA) is 49.3 Å². The molecule has 0 saturated heterocycles. The normalized spacial score (nSPS) is 10.3. The number of hydrogen-bond donors (Lipinski definition) is 2. The Bertz CT molecular complexity index is 618. The average molecular weight is 276 g/mol. The molecule has 0 aliphatic carbocycles. The van der Waals surface area contributed by atoms with Gasteiger partial charge in [0, 0.05) is 5.69 Å². The third-order valence-corrected chi connectivity index (χ3v) is 3.26. The lowest BCUT2D eigenvalue weighted by Gasteiger charge is -2.12. The smallest absolute Gasteiger partial charge is 0.335 e. The second-order valence-corrected chi connectivity index (χ2v) is 4.80. The Morgan fingerprint density at radius 2 is 1.89 bits per heavy atom. The Hall–Kier alpha value is -2.00. The number of hydrogen-bond acceptors (Lipinski definition) is 2. The van der Waals surface area contributed by atoms with Gasteiger partial charge < -0.3 is 10.4 Å². The Balaban J connectivity index is 2.34. The number of rotatable bonds is 3. The molecule has 2 aromatic rings. The summed E-state index contributed by atoms with van der Waals surface area (Å²) in [6.07, 6.45) is 0. The molecule has 2 N–H and O–H groups in total. The highest BCUT2D eigenvalue weighted by Crippen LogP contribution is 2.29. The van der Waals surface area contributed by atoms with Crippen LogP contribution in [0.25, 0.3) is 0 Å². The molecule has 0 aliphatic rings. The molecule has 3 nitrogen and oxygen atoms in total. The molecule has 0 atom stereocenters. The quantitative estimate of drug-likeness (QED) is 0.873. The van der Waals surface area contributed by atoms with E-state index < -0.39 is 5.97 Å². The largest absolute Gasteiger partial charge is 0.478 e. The van der Waals surface area contributed by atoms with Gasteiger partial charge in [0.15, 0.2) is 0 Å².